The van der Waals surface area contributed by atoms with Gasteiger partial charge in [0, 0.05) is 39.7 Å². The van der Waals surface area contributed by atoms with E-state index in [1.165, 1.54) is 16.8 Å². The second-order valence-corrected chi connectivity index (χ2v) is 7.24. The van der Waals surface area contributed by atoms with Crippen LogP contribution in [0.3, 0.4) is 0 Å². The Morgan fingerprint density at radius 2 is 1.96 bits per heavy atom. The van der Waals surface area contributed by atoms with Gasteiger partial charge in [0.05, 0.1) is 0 Å². The molecule has 1 atom stereocenters. The summed E-state index contributed by atoms with van der Waals surface area (Å²) in [6.07, 6.45) is 2.03. The number of nitrogens with one attached hydrogen (secondary N) is 1. The van der Waals surface area contributed by atoms with Crippen LogP contribution in [0.25, 0.3) is 0 Å². The molecule has 128 valence electrons. The number of rotatable bonds is 6. The summed E-state index contributed by atoms with van der Waals surface area (Å²) in [5, 5.41) is 3.41. The van der Waals surface area contributed by atoms with E-state index < -0.39 is 6.17 Å². The summed E-state index contributed by atoms with van der Waals surface area (Å²) in [4.78, 5) is 2.26. The molecule has 0 amide bonds. The quantitative estimate of drug-likeness (QED) is 0.864. The molecule has 2 nitrogen and oxygen atoms in total. The van der Waals surface area contributed by atoms with Gasteiger partial charge in [-0.25, -0.2) is 4.39 Å². The first-order valence-electron chi connectivity index (χ1n) is 9.02. The maximum Gasteiger partial charge on any atom is 0.117 e. The smallest absolute Gasteiger partial charge is 0.117 e. The summed E-state index contributed by atoms with van der Waals surface area (Å²) < 4.78 is 14.2. The summed E-state index contributed by atoms with van der Waals surface area (Å²) in [6.45, 7) is 3.70. The third-order valence-electron chi connectivity index (χ3n) is 5.19. The molecule has 0 bridgehead atoms. The maximum atomic E-state index is 14.2. The molecule has 3 heteroatoms. The molecule has 0 aromatic heterocycles. The molecular weight excluding hydrogens is 299 g/mol. The first-order chi connectivity index (χ1) is 11.8. The average Bonchev–Trinajstić information content (AvgIpc) is 3.01. The second-order valence-electron chi connectivity index (χ2n) is 7.24. The molecule has 1 N–H and O–H groups in total. The van der Waals surface area contributed by atoms with Crippen LogP contribution in [-0.4, -0.2) is 37.3 Å². The maximum absolute atomic E-state index is 14.2. The van der Waals surface area contributed by atoms with Crippen LogP contribution in [0.1, 0.15) is 18.1 Å². The Labute approximate surface area is 145 Å². The first kappa shape index (κ1) is 15.6. The minimum absolute atomic E-state index is 0. The van der Waals surface area contributed by atoms with Crippen molar-refractivity contribution in [3.63, 3.8) is 0 Å². The SMILES string of the molecule is FC(Cc1ccccc1)CN1CC(Cc2ccc3c(c2)CCN3)C1.[HH]. The Balaban J connectivity index is 0.00000182. The highest BCUT2D eigenvalue weighted by Gasteiger charge is 2.28. The zero-order chi connectivity index (χ0) is 16.4. The van der Waals surface area contributed by atoms with Crippen molar-refractivity contribution in [1.29, 1.82) is 0 Å². The first-order valence-corrected chi connectivity index (χ1v) is 9.02. The molecule has 2 aliphatic rings. The third-order valence-corrected chi connectivity index (χ3v) is 5.19. The second kappa shape index (κ2) is 6.94. The van der Waals surface area contributed by atoms with Gasteiger partial charge in [-0.2, -0.15) is 0 Å². The van der Waals surface area contributed by atoms with E-state index in [2.05, 4.69) is 28.4 Å². The van der Waals surface area contributed by atoms with Gasteiger partial charge in [0.2, 0.25) is 0 Å². The Hall–Kier alpha value is -1.87. The molecule has 2 aromatic rings. The highest BCUT2D eigenvalue weighted by molar-refractivity contribution is 5.56. The summed E-state index contributed by atoms with van der Waals surface area (Å²) in [6, 6.07) is 16.8. The van der Waals surface area contributed by atoms with Crippen LogP contribution in [0.15, 0.2) is 48.5 Å². The molecule has 2 aliphatic heterocycles. The van der Waals surface area contributed by atoms with Crippen molar-refractivity contribution in [1.82, 2.24) is 4.90 Å². The lowest BCUT2D eigenvalue weighted by Crippen LogP contribution is -2.50. The number of benzene rings is 2. The van der Waals surface area contributed by atoms with Crippen LogP contribution in [-0.2, 0) is 19.3 Å². The molecule has 0 spiro atoms. The highest BCUT2D eigenvalue weighted by atomic mass is 19.1. The summed E-state index contributed by atoms with van der Waals surface area (Å²) in [5.74, 6) is 0.682. The highest BCUT2D eigenvalue weighted by Crippen LogP contribution is 2.27. The Kier molecular flexibility index (Phi) is 4.52. The number of halogens is 1. The van der Waals surface area contributed by atoms with E-state index in [-0.39, 0.29) is 1.43 Å². The fourth-order valence-electron chi connectivity index (χ4n) is 3.99. The van der Waals surface area contributed by atoms with E-state index in [1.54, 1.807) is 0 Å². The number of likely N-dealkylation sites (tertiary alicyclic amines) is 1. The van der Waals surface area contributed by atoms with Crippen molar-refractivity contribution < 1.29 is 5.82 Å². The minimum Gasteiger partial charge on any atom is -0.384 e. The predicted molar refractivity (Wildman–Crippen MR) is 99.4 cm³/mol. The van der Waals surface area contributed by atoms with E-state index in [1.807, 2.05) is 30.3 Å². The molecule has 0 radical (unpaired) electrons. The van der Waals surface area contributed by atoms with E-state index in [9.17, 15) is 4.39 Å². The number of hydrogen-bond acceptors (Lipinski definition) is 2. The van der Waals surface area contributed by atoms with Crippen molar-refractivity contribution in [2.75, 3.05) is 31.5 Å². The molecule has 1 saturated heterocycles. The zero-order valence-electron chi connectivity index (χ0n) is 14.0. The van der Waals surface area contributed by atoms with Crippen LogP contribution >= 0.6 is 0 Å². The molecule has 0 aliphatic carbocycles. The van der Waals surface area contributed by atoms with Crippen molar-refractivity contribution in [3.05, 3.63) is 65.2 Å². The molecule has 24 heavy (non-hydrogen) atoms. The van der Waals surface area contributed by atoms with Crippen molar-refractivity contribution in [3.8, 4) is 0 Å². The van der Waals surface area contributed by atoms with Crippen LogP contribution in [0.4, 0.5) is 10.1 Å². The molecular formula is C21H27FN2. The normalized spacial score (nSPS) is 18.7. The van der Waals surface area contributed by atoms with Gasteiger partial charge in [-0.3, -0.25) is 4.90 Å². The molecule has 2 aromatic carbocycles. The summed E-state index contributed by atoms with van der Waals surface area (Å²) >= 11 is 0. The monoisotopic (exact) mass is 326 g/mol. The van der Waals surface area contributed by atoms with E-state index >= 15 is 0 Å². The van der Waals surface area contributed by atoms with Gasteiger partial charge in [0.25, 0.3) is 0 Å². The zero-order valence-corrected chi connectivity index (χ0v) is 14.0. The Bertz CT molecular complexity index is 686. The molecule has 2 heterocycles. The summed E-state index contributed by atoms with van der Waals surface area (Å²) in [5.41, 5.74) is 5.28. The topological polar surface area (TPSA) is 15.3 Å². The fraction of sp³-hybridized carbons (Fsp3) is 0.429. The van der Waals surface area contributed by atoms with E-state index in [4.69, 9.17) is 0 Å². The van der Waals surface area contributed by atoms with E-state index in [0.717, 1.165) is 38.0 Å². The van der Waals surface area contributed by atoms with Crippen molar-refractivity contribution in [2.45, 2.75) is 25.4 Å². The molecule has 0 saturated carbocycles. The number of alkyl halides is 1. The number of nitrogens with zero attached hydrogens (tertiary/aromatic N) is 1. The third kappa shape index (κ3) is 3.62. The Morgan fingerprint density at radius 1 is 1.12 bits per heavy atom. The number of fused-ring (bicyclic) bond motifs is 1. The van der Waals surface area contributed by atoms with Crippen LogP contribution in [0.5, 0.6) is 0 Å². The van der Waals surface area contributed by atoms with E-state index in [0.29, 0.717) is 18.9 Å². The average molecular weight is 326 g/mol. The lowest BCUT2D eigenvalue weighted by Gasteiger charge is -2.40. The molecule has 1 unspecified atom stereocenters. The number of anilines is 1. The van der Waals surface area contributed by atoms with Crippen molar-refractivity contribution in [2.24, 2.45) is 5.92 Å². The molecule has 1 fully saturated rings. The minimum atomic E-state index is -0.764. The van der Waals surface area contributed by atoms with Gasteiger partial charge in [-0.1, -0.05) is 42.5 Å². The summed E-state index contributed by atoms with van der Waals surface area (Å²) in [7, 11) is 0. The van der Waals surface area contributed by atoms with Crippen molar-refractivity contribution >= 4 is 5.69 Å². The lowest BCUT2D eigenvalue weighted by atomic mass is 9.91. The fourth-order valence-corrected chi connectivity index (χ4v) is 3.99. The standard InChI is InChI=1S/C21H25FN2.H2/c22-20(12-16-4-2-1-3-5-16)15-24-13-18(14-24)10-17-6-7-21-19(11-17)8-9-23-21;/h1-7,11,18,20,23H,8-10,12-15H2;1H. The largest absolute Gasteiger partial charge is 0.384 e. The van der Waals surface area contributed by atoms with Crippen LogP contribution in [0, 0.1) is 5.92 Å². The van der Waals surface area contributed by atoms with Gasteiger partial charge < -0.3 is 5.32 Å². The lowest BCUT2D eigenvalue weighted by molar-refractivity contribution is 0.0707. The van der Waals surface area contributed by atoms with Gasteiger partial charge in [0.1, 0.15) is 6.17 Å². The van der Waals surface area contributed by atoms with Gasteiger partial charge >= 0.3 is 0 Å². The van der Waals surface area contributed by atoms with Crippen LogP contribution in [0.2, 0.25) is 0 Å². The van der Waals surface area contributed by atoms with Gasteiger partial charge in [-0.15, -0.1) is 0 Å². The van der Waals surface area contributed by atoms with Gasteiger partial charge in [0.15, 0.2) is 0 Å². The van der Waals surface area contributed by atoms with Crippen LogP contribution < -0.4 is 5.32 Å². The molecule has 4 rings (SSSR count). The van der Waals surface area contributed by atoms with Gasteiger partial charge in [-0.05, 0) is 41.5 Å². The predicted octanol–water partition coefficient (Wildman–Crippen LogP) is 3.96. The number of hydrogen-bond donors (Lipinski definition) is 1. The Morgan fingerprint density at radius 3 is 2.79 bits per heavy atom.